The molecule has 0 atom stereocenters. The molecule has 0 saturated heterocycles. The zero-order chi connectivity index (χ0) is 14.5. The van der Waals surface area contributed by atoms with Crippen LogP contribution in [-0.2, 0) is 9.53 Å². The van der Waals surface area contributed by atoms with Crippen LogP contribution in [0.1, 0.15) is 27.2 Å². The Labute approximate surface area is 112 Å². The third-order valence-electron chi connectivity index (χ3n) is 2.20. The van der Waals surface area contributed by atoms with Crippen molar-refractivity contribution in [3.63, 3.8) is 0 Å². The molecule has 0 bridgehead atoms. The van der Waals surface area contributed by atoms with Gasteiger partial charge in [0.15, 0.2) is 0 Å². The molecule has 0 spiro atoms. The summed E-state index contributed by atoms with van der Waals surface area (Å²) in [5.41, 5.74) is -0.278. The average molecular weight is 267 g/mol. The highest BCUT2D eigenvalue weighted by molar-refractivity contribution is 5.88. The van der Waals surface area contributed by atoms with Crippen molar-refractivity contribution in [1.82, 2.24) is 0 Å². The van der Waals surface area contributed by atoms with E-state index < -0.39 is 17.5 Å². The molecule has 1 aromatic rings. The lowest BCUT2D eigenvalue weighted by Crippen LogP contribution is -2.37. The van der Waals surface area contributed by atoms with E-state index in [0.29, 0.717) is 12.0 Å². The summed E-state index contributed by atoms with van der Waals surface area (Å²) < 4.78 is 18.4. The fourth-order valence-corrected chi connectivity index (χ4v) is 1.47. The van der Waals surface area contributed by atoms with Gasteiger partial charge in [-0.3, -0.25) is 4.90 Å². The number of carbonyl (C=O) groups excluding carboxylic acids is 2. The largest absolute Gasteiger partial charge is 0.443 e. The molecule has 4 nitrogen and oxygen atoms in total. The van der Waals surface area contributed by atoms with Gasteiger partial charge in [0.25, 0.3) is 0 Å². The lowest BCUT2D eigenvalue weighted by molar-refractivity contribution is -0.107. The third kappa shape index (κ3) is 5.07. The van der Waals surface area contributed by atoms with Crippen LogP contribution < -0.4 is 4.90 Å². The lowest BCUT2D eigenvalue weighted by Gasteiger charge is -2.27. The van der Waals surface area contributed by atoms with Crippen molar-refractivity contribution < 1.29 is 18.7 Å². The minimum absolute atomic E-state index is 0.155. The summed E-state index contributed by atoms with van der Waals surface area (Å²) in [6, 6.07) is 5.62. The Morgan fingerprint density at radius 1 is 1.42 bits per heavy atom. The van der Waals surface area contributed by atoms with Gasteiger partial charge >= 0.3 is 6.09 Å². The first-order valence-electron chi connectivity index (χ1n) is 6.03. The second-order valence-corrected chi connectivity index (χ2v) is 5.07. The normalized spacial score (nSPS) is 10.9. The molecule has 5 heteroatoms. The standard InChI is InChI=1S/C14H18FNO3/c1-14(2,3)19-13(18)16(8-5-9-17)12-7-4-6-11(15)10-12/h4,6-7,9-10H,5,8H2,1-3H3. The number of ether oxygens (including phenoxy) is 1. The number of benzene rings is 1. The van der Waals surface area contributed by atoms with Crippen molar-refractivity contribution in [2.24, 2.45) is 0 Å². The van der Waals surface area contributed by atoms with Crippen LogP contribution in [0.5, 0.6) is 0 Å². The number of hydrogen-bond donors (Lipinski definition) is 0. The highest BCUT2D eigenvalue weighted by Crippen LogP contribution is 2.19. The van der Waals surface area contributed by atoms with E-state index >= 15 is 0 Å². The Bertz CT molecular complexity index is 454. The van der Waals surface area contributed by atoms with E-state index in [1.165, 1.54) is 23.1 Å². The van der Waals surface area contributed by atoms with Crippen LogP contribution in [-0.4, -0.2) is 24.5 Å². The first kappa shape index (κ1) is 15.1. The summed E-state index contributed by atoms with van der Waals surface area (Å²) in [6.07, 6.45) is 0.270. The number of anilines is 1. The van der Waals surface area contributed by atoms with Gasteiger partial charge in [-0.1, -0.05) is 6.07 Å². The van der Waals surface area contributed by atoms with Gasteiger partial charge in [0.05, 0.1) is 0 Å². The summed E-state index contributed by atoms with van der Waals surface area (Å²) in [5.74, 6) is -0.447. The fraction of sp³-hybridized carbons (Fsp3) is 0.429. The molecule has 1 rings (SSSR count). The average Bonchev–Trinajstić information content (AvgIpc) is 2.27. The Kier molecular flexibility index (Phi) is 5.03. The first-order chi connectivity index (χ1) is 8.83. The molecule has 0 fully saturated rings. The van der Waals surface area contributed by atoms with Crippen molar-refractivity contribution in [1.29, 1.82) is 0 Å². The summed E-state index contributed by atoms with van der Waals surface area (Å²) in [4.78, 5) is 23.8. The molecule has 0 saturated carbocycles. The Hall–Kier alpha value is -1.91. The molecule has 1 aromatic carbocycles. The van der Waals surface area contributed by atoms with Crippen LogP contribution in [0.15, 0.2) is 24.3 Å². The van der Waals surface area contributed by atoms with Crippen molar-refractivity contribution >= 4 is 18.1 Å². The maximum Gasteiger partial charge on any atom is 0.414 e. The quantitative estimate of drug-likeness (QED) is 0.787. The van der Waals surface area contributed by atoms with Crippen LogP contribution in [0.3, 0.4) is 0 Å². The Morgan fingerprint density at radius 3 is 2.63 bits per heavy atom. The van der Waals surface area contributed by atoms with Crippen molar-refractivity contribution in [2.45, 2.75) is 32.8 Å². The van der Waals surface area contributed by atoms with E-state index in [-0.39, 0.29) is 13.0 Å². The van der Waals surface area contributed by atoms with E-state index in [0.717, 1.165) is 0 Å². The van der Waals surface area contributed by atoms with E-state index in [4.69, 9.17) is 4.74 Å². The van der Waals surface area contributed by atoms with Crippen LogP contribution in [0, 0.1) is 5.82 Å². The smallest absolute Gasteiger partial charge is 0.414 e. The van der Waals surface area contributed by atoms with Gasteiger partial charge in [-0.25, -0.2) is 9.18 Å². The van der Waals surface area contributed by atoms with Gasteiger partial charge < -0.3 is 9.53 Å². The molecule has 1 amide bonds. The van der Waals surface area contributed by atoms with Crippen molar-refractivity contribution in [2.75, 3.05) is 11.4 Å². The summed E-state index contributed by atoms with van der Waals surface area (Å²) >= 11 is 0. The molecule has 0 aliphatic carbocycles. The Balaban J connectivity index is 2.94. The van der Waals surface area contributed by atoms with Crippen molar-refractivity contribution in [3.05, 3.63) is 30.1 Å². The summed E-state index contributed by atoms with van der Waals surface area (Å²) in [5, 5.41) is 0. The molecule has 0 aliphatic heterocycles. The topological polar surface area (TPSA) is 46.6 Å². The molecule has 0 N–H and O–H groups in total. The molecule has 0 unspecified atom stereocenters. The monoisotopic (exact) mass is 267 g/mol. The molecule has 0 heterocycles. The minimum Gasteiger partial charge on any atom is -0.443 e. The van der Waals surface area contributed by atoms with Gasteiger partial charge in [-0.05, 0) is 39.0 Å². The highest BCUT2D eigenvalue weighted by Gasteiger charge is 2.23. The number of nitrogens with zero attached hydrogens (tertiary/aromatic N) is 1. The molecule has 0 radical (unpaired) electrons. The van der Waals surface area contributed by atoms with E-state index in [1.54, 1.807) is 26.8 Å². The minimum atomic E-state index is -0.649. The molecule has 104 valence electrons. The molecule has 0 aromatic heterocycles. The third-order valence-corrected chi connectivity index (χ3v) is 2.20. The predicted octanol–water partition coefficient (Wildman–Crippen LogP) is 3.16. The number of rotatable bonds is 4. The van der Waals surface area contributed by atoms with E-state index in [9.17, 15) is 14.0 Å². The second kappa shape index (κ2) is 6.31. The molecule has 0 aliphatic rings. The van der Waals surface area contributed by atoms with Gasteiger partial charge in [0.1, 0.15) is 17.7 Å². The predicted molar refractivity (Wildman–Crippen MR) is 70.7 cm³/mol. The van der Waals surface area contributed by atoms with Crippen LogP contribution in [0.4, 0.5) is 14.9 Å². The van der Waals surface area contributed by atoms with Crippen LogP contribution >= 0.6 is 0 Å². The number of halogens is 1. The summed E-state index contributed by atoms with van der Waals surface area (Å²) in [7, 11) is 0. The van der Waals surface area contributed by atoms with Crippen LogP contribution in [0.25, 0.3) is 0 Å². The van der Waals surface area contributed by atoms with Gasteiger partial charge in [0.2, 0.25) is 0 Å². The number of hydrogen-bond acceptors (Lipinski definition) is 3. The lowest BCUT2D eigenvalue weighted by atomic mass is 10.2. The molecular weight excluding hydrogens is 249 g/mol. The maximum absolute atomic E-state index is 13.2. The fourth-order valence-electron chi connectivity index (χ4n) is 1.47. The first-order valence-corrected chi connectivity index (χ1v) is 6.03. The molecule has 19 heavy (non-hydrogen) atoms. The van der Waals surface area contributed by atoms with Gasteiger partial charge in [0, 0.05) is 18.7 Å². The molecular formula is C14H18FNO3. The SMILES string of the molecule is CC(C)(C)OC(=O)N(CCC=O)c1cccc(F)c1. The Morgan fingerprint density at radius 2 is 2.11 bits per heavy atom. The summed E-state index contributed by atoms with van der Waals surface area (Å²) in [6.45, 7) is 5.39. The zero-order valence-corrected chi connectivity index (χ0v) is 11.4. The zero-order valence-electron chi connectivity index (χ0n) is 11.4. The second-order valence-electron chi connectivity index (χ2n) is 5.07. The van der Waals surface area contributed by atoms with Crippen LogP contribution in [0.2, 0.25) is 0 Å². The maximum atomic E-state index is 13.2. The highest BCUT2D eigenvalue weighted by atomic mass is 19.1. The number of aldehydes is 1. The van der Waals surface area contributed by atoms with E-state index in [2.05, 4.69) is 0 Å². The van der Waals surface area contributed by atoms with Gasteiger partial charge in [-0.15, -0.1) is 0 Å². The number of amides is 1. The number of carbonyl (C=O) groups is 2. The van der Waals surface area contributed by atoms with Crippen molar-refractivity contribution in [3.8, 4) is 0 Å². The van der Waals surface area contributed by atoms with Gasteiger partial charge in [-0.2, -0.15) is 0 Å². The van der Waals surface area contributed by atoms with E-state index in [1.807, 2.05) is 0 Å².